The second-order valence-electron chi connectivity index (χ2n) is 9.80. The average molecular weight is 462 g/mol. The highest BCUT2D eigenvalue weighted by atomic mass is 35.5. The molecule has 1 aromatic heterocycles. The van der Waals surface area contributed by atoms with Crippen LogP contribution in [-0.4, -0.2) is 23.3 Å². The Morgan fingerprint density at radius 2 is 1.79 bits per heavy atom. The molecule has 3 aromatic rings. The summed E-state index contributed by atoms with van der Waals surface area (Å²) < 4.78 is 5.40. The third-order valence-electron chi connectivity index (χ3n) is 6.26. The lowest BCUT2D eigenvalue weighted by Gasteiger charge is -2.36. The van der Waals surface area contributed by atoms with E-state index >= 15 is 0 Å². The van der Waals surface area contributed by atoms with Crippen LogP contribution in [0.1, 0.15) is 61.3 Å². The van der Waals surface area contributed by atoms with Crippen molar-refractivity contribution in [2.45, 2.75) is 40.5 Å². The van der Waals surface area contributed by atoms with Crippen molar-refractivity contribution in [3.05, 3.63) is 75.9 Å². The van der Waals surface area contributed by atoms with Gasteiger partial charge in [-0.3, -0.25) is 4.79 Å². The summed E-state index contributed by atoms with van der Waals surface area (Å²) in [7, 11) is 0. The van der Waals surface area contributed by atoms with Crippen LogP contribution in [0.2, 0.25) is 5.02 Å². The van der Waals surface area contributed by atoms with Gasteiger partial charge in [-0.1, -0.05) is 62.7 Å². The quantitative estimate of drug-likeness (QED) is 0.401. The van der Waals surface area contributed by atoms with Gasteiger partial charge in [-0.05, 0) is 72.1 Å². The Morgan fingerprint density at radius 1 is 1.09 bits per heavy atom. The van der Waals surface area contributed by atoms with Gasteiger partial charge in [0.05, 0.1) is 16.8 Å². The molecule has 0 spiro atoms. The zero-order chi connectivity index (χ0) is 23.8. The number of para-hydroxylation sites is 1. The largest absolute Gasteiger partial charge is 0.454 e. The number of hydrogen-bond acceptors (Lipinski definition) is 4. The van der Waals surface area contributed by atoms with Crippen molar-refractivity contribution in [3.8, 4) is 0 Å². The molecule has 2 aromatic carbocycles. The highest BCUT2D eigenvalue weighted by Crippen LogP contribution is 2.44. The molecule has 0 N–H and O–H groups in total. The molecule has 0 radical (unpaired) electrons. The van der Waals surface area contributed by atoms with Crippen LogP contribution in [0.15, 0.2) is 48.5 Å². The summed E-state index contributed by atoms with van der Waals surface area (Å²) in [6, 6.07) is 15.3. The van der Waals surface area contributed by atoms with Gasteiger partial charge in [0, 0.05) is 10.4 Å². The summed E-state index contributed by atoms with van der Waals surface area (Å²) >= 11 is 6.08. The molecule has 0 saturated carbocycles. The smallest absolute Gasteiger partial charge is 0.339 e. The van der Waals surface area contributed by atoms with Crippen LogP contribution < -0.4 is 0 Å². The molecule has 0 saturated heterocycles. The van der Waals surface area contributed by atoms with Crippen LogP contribution in [0, 0.1) is 11.3 Å². The van der Waals surface area contributed by atoms with Crippen LogP contribution in [-0.2, 0) is 16.0 Å². The molecule has 4 rings (SSSR count). The third-order valence-corrected chi connectivity index (χ3v) is 6.51. The van der Waals surface area contributed by atoms with Crippen molar-refractivity contribution in [1.82, 2.24) is 4.98 Å². The maximum atomic E-state index is 13.3. The van der Waals surface area contributed by atoms with Gasteiger partial charge >= 0.3 is 5.97 Å². The van der Waals surface area contributed by atoms with E-state index in [9.17, 15) is 9.59 Å². The first kappa shape index (κ1) is 23.2. The molecule has 5 heteroatoms. The van der Waals surface area contributed by atoms with Crippen molar-refractivity contribution >= 4 is 45.9 Å². The first-order valence-electron chi connectivity index (χ1n) is 11.2. The minimum atomic E-state index is -0.472. The molecule has 1 unspecified atom stereocenters. The van der Waals surface area contributed by atoms with E-state index in [2.05, 4.69) is 26.8 Å². The van der Waals surface area contributed by atoms with Crippen LogP contribution >= 0.6 is 11.6 Å². The Kier molecular flexibility index (Phi) is 6.40. The molecule has 170 valence electrons. The summed E-state index contributed by atoms with van der Waals surface area (Å²) in [5, 5.41) is 1.44. The Morgan fingerprint density at radius 3 is 2.45 bits per heavy atom. The number of halogens is 1. The van der Waals surface area contributed by atoms with E-state index in [4.69, 9.17) is 21.3 Å². The molecule has 0 bridgehead atoms. The number of benzene rings is 2. The Hall–Kier alpha value is -2.98. The minimum Gasteiger partial charge on any atom is -0.454 e. The molecule has 0 fully saturated rings. The summed E-state index contributed by atoms with van der Waals surface area (Å²) in [6.45, 7) is 7.86. The fraction of sp³-hybridized carbons (Fsp3) is 0.321. The predicted octanol–water partition coefficient (Wildman–Crippen LogP) is 6.78. The van der Waals surface area contributed by atoms with Crippen LogP contribution in [0.5, 0.6) is 0 Å². The minimum absolute atomic E-state index is 0.0307. The van der Waals surface area contributed by atoms with Gasteiger partial charge in [-0.2, -0.15) is 0 Å². The number of ether oxygens (including phenoxy) is 1. The van der Waals surface area contributed by atoms with Crippen LogP contribution in [0.25, 0.3) is 22.6 Å². The van der Waals surface area contributed by atoms with E-state index < -0.39 is 5.97 Å². The zero-order valence-electron chi connectivity index (χ0n) is 19.4. The number of ketones is 1. The number of hydrogen-bond donors (Lipinski definition) is 0. The SMILES string of the molecule is CC(=O)COC(=O)c1c2c(nc3ccccc13)C(=Cc1ccc(Cl)cc1)CC(C(C)(C)C)C2. The van der Waals surface area contributed by atoms with Crippen molar-refractivity contribution in [2.24, 2.45) is 11.3 Å². The molecule has 4 nitrogen and oxygen atoms in total. The van der Waals surface area contributed by atoms with Crippen molar-refractivity contribution in [1.29, 1.82) is 0 Å². The summed E-state index contributed by atoms with van der Waals surface area (Å²) in [5.41, 5.74) is 5.14. The normalized spacial score (nSPS) is 17.1. The van der Waals surface area contributed by atoms with Gasteiger partial charge < -0.3 is 4.74 Å². The second-order valence-corrected chi connectivity index (χ2v) is 10.2. The third kappa shape index (κ3) is 5.01. The summed E-state index contributed by atoms with van der Waals surface area (Å²) in [4.78, 5) is 29.7. The Bertz CT molecular complexity index is 1250. The monoisotopic (exact) mass is 461 g/mol. The Labute approximate surface area is 199 Å². The van der Waals surface area contributed by atoms with Gasteiger partial charge in [0.1, 0.15) is 6.61 Å². The lowest BCUT2D eigenvalue weighted by Crippen LogP contribution is -2.29. The predicted molar refractivity (Wildman–Crippen MR) is 133 cm³/mol. The molecular formula is C28H28ClNO3. The Balaban J connectivity index is 1.95. The maximum Gasteiger partial charge on any atom is 0.339 e. The average Bonchev–Trinajstić information content (AvgIpc) is 2.76. The van der Waals surface area contributed by atoms with E-state index in [1.54, 1.807) is 0 Å². The fourth-order valence-electron chi connectivity index (χ4n) is 4.37. The molecular weight excluding hydrogens is 434 g/mol. The first-order chi connectivity index (χ1) is 15.6. The lowest BCUT2D eigenvalue weighted by atomic mass is 9.69. The maximum absolute atomic E-state index is 13.3. The van der Waals surface area contributed by atoms with E-state index in [0.717, 1.165) is 46.1 Å². The molecule has 1 heterocycles. The van der Waals surface area contributed by atoms with Gasteiger partial charge in [-0.25, -0.2) is 9.78 Å². The second kappa shape index (κ2) is 9.11. The summed E-state index contributed by atoms with van der Waals surface area (Å²) in [6.07, 6.45) is 3.71. The highest BCUT2D eigenvalue weighted by Gasteiger charge is 2.35. The summed E-state index contributed by atoms with van der Waals surface area (Å²) in [5.74, 6) is -0.349. The molecule has 33 heavy (non-hydrogen) atoms. The van der Waals surface area contributed by atoms with Gasteiger partial charge in [0.25, 0.3) is 0 Å². The van der Waals surface area contributed by atoms with Gasteiger partial charge in [-0.15, -0.1) is 0 Å². The van der Waals surface area contributed by atoms with Gasteiger partial charge in [0.15, 0.2) is 5.78 Å². The number of allylic oxidation sites excluding steroid dienone is 1. The number of pyridine rings is 1. The first-order valence-corrected chi connectivity index (χ1v) is 11.6. The highest BCUT2D eigenvalue weighted by molar-refractivity contribution is 6.30. The lowest BCUT2D eigenvalue weighted by molar-refractivity contribution is -0.120. The number of aromatic nitrogens is 1. The van der Waals surface area contributed by atoms with E-state index in [0.29, 0.717) is 16.5 Å². The van der Waals surface area contributed by atoms with E-state index in [1.807, 2.05) is 48.5 Å². The van der Waals surface area contributed by atoms with Crippen molar-refractivity contribution < 1.29 is 14.3 Å². The standard InChI is InChI=1S/C28H28ClNO3/c1-17(31)16-33-27(32)25-22-7-5-6-8-24(22)30-26-19(13-18-9-11-21(29)12-10-18)14-20(15-23(25)26)28(2,3)4/h5-13,20H,14-16H2,1-4H3. The number of esters is 1. The number of nitrogens with zero attached hydrogens (tertiary/aromatic N) is 1. The molecule has 1 aliphatic carbocycles. The van der Waals surface area contributed by atoms with E-state index in [1.165, 1.54) is 6.92 Å². The van der Waals surface area contributed by atoms with E-state index in [-0.39, 0.29) is 17.8 Å². The number of Topliss-reactive ketones (excluding diaryl/α,β-unsaturated/α-hetero) is 1. The van der Waals surface area contributed by atoms with Crippen molar-refractivity contribution in [2.75, 3.05) is 6.61 Å². The fourth-order valence-corrected chi connectivity index (χ4v) is 4.49. The number of carbonyl (C=O) groups excluding carboxylic acids is 2. The molecule has 0 amide bonds. The molecule has 0 aliphatic heterocycles. The van der Waals surface area contributed by atoms with Crippen molar-refractivity contribution in [3.63, 3.8) is 0 Å². The molecule has 1 atom stereocenters. The van der Waals surface area contributed by atoms with Gasteiger partial charge in [0.2, 0.25) is 0 Å². The number of rotatable bonds is 4. The number of carbonyl (C=O) groups is 2. The van der Waals surface area contributed by atoms with Crippen LogP contribution in [0.3, 0.4) is 0 Å². The zero-order valence-corrected chi connectivity index (χ0v) is 20.2. The topological polar surface area (TPSA) is 56.3 Å². The number of fused-ring (bicyclic) bond motifs is 2. The molecule has 1 aliphatic rings. The van der Waals surface area contributed by atoms with Crippen LogP contribution in [0.4, 0.5) is 0 Å².